The summed E-state index contributed by atoms with van der Waals surface area (Å²) in [6, 6.07) is 9.85. The van der Waals surface area contributed by atoms with Crippen molar-refractivity contribution >= 4 is 34.6 Å². The Morgan fingerprint density at radius 3 is 2.69 bits per heavy atom. The van der Waals surface area contributed by atoms with Crippen molar-refractivity contribution in [2.75, 3.05) is 23.7 Å². The summed E-state index contributed by atoms with van der Waals surface area (Å²) < 4.78 is 27.1. The van der Waals surface area contributed by atoms with E-state index in [1.165, 1.54) is 24.3 Å². The molecule has 10 heteroatoms. The minimum atomic E-state index is -0.467. The summed E-state index contributed by atoms with van der Waals surface area (Å²) in [5.41, 5.74) is 1.24. The molecule has 2 aromatic carbocycles. The van der Waals surface area contributed by atoms with Crippen LogP contribution in [0, 0.1) is 18.6 Å². The Balaban J connectivity index is 1.39. The molecule has 1 unspecified atom stereocenters. The molecule has 1 atom stereocenters. The molecule has 2 N–H and O–H groups in total. The number of amides is 3. The van der Waals surface area contributed by atoms with Crippen LogP contribution in [0.25, 0.3) is 0 Å². The fraction of sp³-hybridized carbons (Fsp3) is 0.273. The summed E-state index contributed by atoms with van der Waals surface area (Å²) in [5.74, 6) is -1.35. The van der Waals surface area contributed by atoms with Crippen LogP contribution in [0.4, 0.5) is 25.0 Å². The second kappa shape index (κ2) is 9.39. The van der Waals surface area contributed by atoms with E-state index >= 15 is 0 Å². The molecule has 0 aliphatic carbocycles. The van der Waals surface area contributed by atoms with Gasteiger partial charge in [-0.25, -0.2) is 13.6 Å². The molecule has 3 amide bonds. The summed E-state index contributed by atoms with van der Waals surface area (Å²) in [6.45, 7) is 2.65. The summed E-state index contributed by atoms with van der Waals surface area (Å²) >= 11 is 1.16. The molecule has 1 aliphatic rings. The molecular weight excluding hydrogens is 436 g/mol. The van der Waals surface area contributed by atoms with Gasteiger partial charge in [0.05, 0.1) is 0 Å². The third kappa shape index (κ3) is 5.08. The Morgan fingerprint density at radius 1 is 1.09 bits per heavy atom. The van der Waals surface area contributed by atoms with Crippen molar-refractivity contribution in [2.24, 2.45) is 0 Å². The molecule has 7 nitrogen and oxygen atoms in total. The number of hydrogen-bond donors (Lipinski definition) is 2. The van der Waals surface area contributed by atoms with Crippen LogP contribution in [-0.2, 0) is 0 Å². The van der Waals surface area contributed by atoms with E-state index in [9.17, 15) is 18.4 Å². The molecule has 166 valence electrons. The van der Waals surface area contributed by atoms with E-state index in [0.29, 0.717) is 35.0 Å². The van der Waals surface area contributed by atoms with Crippen molar-refractivity contribution in [1.29, 1.82) is 0 Å². The van der Waals surface area contributed by atoms with Gasteiger partial charge in [-0.1, -0.05) is 23.5 Å². The summed E-state index contributed by atoms with van der Waals surface area (Å²) in [7, 11) is 0. The maximum atomic E-state index is 13.8. The molecule has 3 aromatic rings. The molecule has 1 aliphatic heterocycles. The lowest BCUT2D eigenvalue weighted by Crippen LogP contribution is -2.41. The number of hydrogen-bond acceptors (Lipinski definition) is 5. The summed E-state index contributed by atoms with van der Waals surface area (Å²) in [6.07, 6.45) is 1.58. The maximum Gasteiger partial charge on any atom is 0.321 e. The second-order valence-electron chi connectivity index (χ2n) is 7.59. The first-order valence-corrected chi connectivity index (χ1v) is 10.9. The number of benzene rings is 2. The number of aromatic nitrogens is 2. The lowest BCUT2D eigenvalue weighted by atomic mass is 9.99. The lowest BCUT2D eigenvalue weighted by molar-refractivity contribution is 0.102. The number of urea groups is 1. The highest BCUT2D eigenvalue weighted by molar-refractivity contribution is 7.13. The molecule has 0 spiro atoms. The Kier molecular flexibility index (Phi) is 6.40. The van der Waals surface area contributed by atoms with Crippen molar-refractivity contribution in [3.63, 3.8) is 0 Å². The van der Waals surface area contributed by atoms with Crippen molar-refractivity contribution < 1.29 is 18.4 Å². The number of rotatable bonds is 4. The SMILES string of the molecule is Cc1ccc(NC(=O)N2CCCC(c3nnc(C(=O)Nc4cccc(F)c4)s3)C2)cc1F. The molecule has 0 bridgehead atoms. The van der Waals surface area contributed by atoms with Crippen LogP contribution in [0.2, 0.25) is 0 Å². The first-order valence-electron chi connectivity index (χ1n) is 10.1. The largest absolute Gasteiger partial charge is 0.324 e. The van der Waals surface area contributed by atoms with E-state index in [-0.39, 0.29) is 22.8 Å². The second-order valence-corrected chi connectivity index (χ2v) is 8.60. The molecule has 1 saturated heterocycles. The van der Waals surface area contributed by atoms with Gasteiger partial charge in [-0.2, -0.15) is 0 Å². The number of carbonyl (C=O) groups excluding carboxylic acids is 2. The fourth-order valence-electron chi connectivity index (χ4n) is 3.48. The van der Waals surface area contributed by atoms with Gasteiger partial charge in [-0.3, -0.25) is 4.79 Å². The van der Waals surface area contributed by atoms with E-state index in [0.717, 1.165) is 24.2 Å². The molecule has 0 saturated carbocycles. The van der Waals surface area contributed by atoms with Gasteiger partial charge in [0.1, 0.15) is 16.6 Å². The number of halogens is 2. The van der Waals surface area contributed by atoms with Crippen LogP contribution in [-0.4, -0.2) is 40.1 Å². The number of aryl methyl sites for hydroxylation is 1. The molecule has 1 fully saturated rings. The zero-order valence-corrected chi connectivity index (χ0v) is 18.1. The molecule has 2 heterocycles. The minimum absolute atomic E-state index is 0.0579. The van der Waals surface area contributed by atoms with Gasteiger partial charge in [-0.15, -0.1) is 10.2 Å². The van der Waals surface area contributed by atoms with E-state index in [1.54, 1.807) is 30.0 Å². The first kappa shape index (κ1) is 21.8. The topological polar surface area (TPSA) is 87.2 Å². The quantitative estimate of drug-likeness (QED) is 0.590. The van der Waals surface area contributed by atoms with Crippen molar-refractivity contribution in [3.8, 4) is 0 Å². The van der Waals surface area contributed by atoms with Gasteiger partial charge in [0, 0.05) is 30.4 Å². The summed E-state index contributed by atoms with van der Waals surface area (Å²) in [5, 5.41) is 14.3. The molecule has 1 aromatic heterocycles. The van der Waals surface area contributed by atoms with E-state index in [1.807, 2.05) is 0 Å². The Morgan fingerprint density at radius 2 is 1.91 bits per heavy atom. The van der Waals surface area contributed by atoms with Gasteiger partial charge in [-0.05, 0) is 55.7 Å². The number of piperidine rings is 1. The van der Waals surface area contributed by atoms with Crippen LogP contribution in [0.15, 0.2) is 42.5 Å². The van der Waals surface area contributed by atoms with Crippen LogP contribution < -0.4 is 10.6 Å². The number of nitrogens with one attached hydrogen (secondary N) is 2. The van der Waals surface area contributed by atoms with Crippen molar-refractivity contribution in [2.45, 2.75) is 25.7 Å². The molecule has 0 radical (unpaired) electrons. The number of carbonyl (C=O) groups is 2. The number of nitrogens with zero attached hydrogens (tertiary/aromatic N) is 3. The lowest BCUT2D eigenvalue weighted by Gasteiger charge is -2.31. The smallest absolute Gasteiger partial charge is 0.321 e. The van der Waals surface area contributed by atoms with Gasteiger partial charge < -0.3 is 15.5 Å². The molecule has 4 rings (SSSR count). The van der Waals surface area contributed by atoms with E-state index in [4.69, 9.17) is 0 Å². The van der Waals surface area contributed by atoms with Crippen LogP contribution >= 0.6 is 11.3 Å². The van der Waals surface area contributed by atoms with Crippen molar-refractivity contribution in [1.82, 2.24) is 15.1 Å². The zero-order chi connectivity index (χ0) is 22.7. The maximum absolute atomic E-state index is 13.8. The average Bonchev–Trinajstić information content (AvgIpc) is 3.27. The number of anilines is 2. The van der Waals surface area contributed by atoms with Gasteiger partial charge in [0.2, 0.25) is 5.01 Å². The van der Waals surface area contributed by atoms with Gasteiger partial charge >= 0.3 is 6.03 Å². The Bertz CT molecular complexity index is 1150. The highest BCUT2D eigenvalue weighted by Gasteiger charge is 2.28. The Hall–Kier alpha value is -3.40. The van der Waals surface area contributed by atoms with Crippen LogP contribution in [0.5, 0.6) is 0 Å². The minimum Gasteiger partial charge on any atom is -0.324 e. The van der Waals surface area contributed by atoms with Crippen LogP contribution in [0.3, 0.4) is 0 Å². The number of likely N-dealkylation sites (tertiary alicyclic amines) is 1. The fourth-order valence-corrected chi connectivity index (χ4v) is 4.34. The summed E-state index contributed by atoms with van der Waals surface area (Å²) in [4.78, 5) is 26.7. The zero-order valence-electron chi connectivity index (χ0n) is 17.3. The average molecular weight is 458 g/mol. The van der Waals surface area contributed by atoms with Crippen molar-refractivity contribution in [3.05, 3.63) is 69.7 Å². The van der Waals surface area contributed by atoms with Crippen LogP contribution in [0.1, 0.15) is 39.1 Å². The third-order valence-electron chi connectivity index (χ3n) is 5.20. The monoisotopic (exact) mass is 457 g/mol. The standard InChI is InChI=1S/C22H21F2N5O2S/c1-13-7-8-17(11-18(13)24)26-22(31)29-9-3-4-14(12-29)20-27-28-21(32-20)19(30)25-16-6-2-5-15(23)10-16/h2,5-8,10-11,14H,3-4,9,12H2,1H3,(H,25,30)(H,26,31). The predicted octanol–water partition coefficient (Wildman–Crippen LogP) is 4.79. The van der Waals surface area contributed by atoms with E-state index < -0.39 is 11.7 Å². The van der Waals surface area contributed by atoms with E-state index in [2.05, 4.69) is 20.8 Å². The highest BCUT2D eigenvalue weighted by atomic mass is 32.1. The van der Waals surface area contributed by atoms with Gasteiger partial charge in [0.15, 0.2) is 0 Å². The predicted molar refractivity (Wildman–Crippen MR) is 118 cm³/mol. The third-order valence-corrected chi connectivity index (χ3v) is 6.28. The first-order chi connectivity index (χ1) is 15.4. The van der Waals surface area contributed by atoms with Gasteiger partial charge in [0.25, 0.3) is 5.91 Å². The normalized spacial score (nSPS) is 16.0. The molecule has 32 heavy (non-hydrogen) atoms. The Labute approximate surface area is 187 Å². The molecular formula is C22H21F2N5O2S. The highest BCUT2D eigenvalue weighted by Crippen LogP contribution is 2.30.